The van der Waals surface area contributed by atoms with Gasteiger partial charge in [0.1, 0.15) is 16.7 Å². The van der Waals surface area contributed by atoms with Gasteiger partial charge in [0.2, 0.25) is 0 Å². The van der Waals surface area contributed by atoms with Gasteiger partial charge in [0.25, 0.3) is 0 Å². The monoisotopic (exact) mass is 307 g/mol. The fourth-order valence-electron chi connectivity index (χ4n) is 1.07. The lowest BCUT2D eigenvalue weighted by molar-refractivity contribution is 0.414. The van der Waals surface area contributed by atoms with Crippen LogP contribution in [0.4, 0.5) is 0 Å². The van der Waals surface area contributed by atoms with Crippen molar-refractivity contribution in [2.75, 3.05) is 7.11 Å². The third-order valence-corrected chi connectivity index (χ3v) is 3.58. The van der Waals surface area contributed by atoms with E-state index in [1.807, 2.05) is 20.8 Å². The number of nitrogens with zero attached hydrogens (tertiary/aromatic N) is 1. The van der Waals surface area contributed by atoms with Crippen LogP contribution in [0, 0.1) is 0 Å². The van der Waals surface area contributed by atoms with Crippen molar-refractivity contribution in [2.24, 2.45) is 4.40 Å². The minimum absolute atomic E-state index is 0. The molecule has 0 heterocycles. The summed E-state index contributed by atoms with van der Waals surface area (Å²) in [6, 6.07) is 5.21. The molecule has 1 atom stereocenters. The van der Waals surface area contributed by atoms with Gasteiger partial charge in [0, 0.05) is 16.8 Å². The van der Waals surface area contributed by atoms with Crippen LogP contribution in [0.1, 0.15) is 26.3 Å². The Morgan fingerprint density at radius 3 is 2.50 bits per heavy atom. The maximum Gasteiger partial charge on any atom is 0.144 e. The zero-order chi connectivity index (χ0) is 13.1. The summed E-state index contributed by atoms with van der Waals surface area (Å²) in [7, 11) is 0.287. The first-order valence-electron chi connectivity index (χ1n) is 5.14. The van der Waals surface area contributed by atoms with Gasteiger partial charge in [0.15, 0.2) is 0 Å². The van der Waals surface area contributed by atoms with Crippen LogP contribution in [-0.4, -0.2) is 22.3 Å². The molecule has 0 amide bonds. The summed E-state index contributed by atoms with van der Waals surface area (Å²) >= 11 is 5.89. The van der Waals surface area contributed by atoms with Gasteiger partial charge in [-0.3, -0.25) is 0 Å². The molecule has 6 heteroatoms. The van der Waals surface area contributed by atoms with E-state index < -0.39 is 11.0 Å². The van der Waals surface area contributed by atoms with E-state index in [0.29, 0.717) is 10.8 Å². The normalized spacial score (nSPS) is 13.2. The highest BCUT2D eigenvalue weighted by Crippen LogP contribution is 2.21. The van der Waals surface area contributed by atoms with Crippen LogP contribution in [0.5, 0.6) is 5.75 Å². The standard InChI is InChI=1S/C12H16ClNO2S.H2S/c1-12(2,3)17(15)14-8-9-7-10(13)5-6-11(9)16-4;/h5-8H,1-4H3;1H2/t17-;/m0./s1. The molecule has 0 bridgehead atoms. The van der Waals surface area contributed by atoms with Crippen molar-refractivity contribution in [3.63, 3.8) is 0 Å². The highest BCUT2D eigenvalue weighted by Gasteiger charge is 2.18. The Morgan fingerprint density at radius 1 is 1.39 bits per heavy atom. The van der Waals surface area contributed by atoms with Gasteiger partial charge >= 0.3 is 0 Å². The van der Waals surface area contributed by atoms with Crippen LogP contribution in [0.3, 0.4) is 0 Å². The number of rotatable bonds is 3. The predicted molar refractivity (Wildman–Crippen MR) is 83.9 cm³/mol. The number of hydrogen-bond donors (Lipinski definition) is 0. The van der Waals surface area contributed by atoms with Crippen LogP contribution in [-0.2, 0) is 11.0 Å². The summed E-state index contributed by atoms with van der Waals surface area (Å²) in [6.07, 6.45) is 1.53. The molecule has 0 N–H and O–H groups in total. The molecule has 0 saturated carbocycles. The van der Waals surface area contributed by atoms with Gasteiger partial charge in [-0.1, -0.05) is 11.6 Å². The molecule has 0 spiro atoms. The van der Waals surface area contributed by atoms with Crippen LogP contribution < -0.4 is 4.74 Å². The third kappa shape index (κ3) is 5.00. The fourth-order valence-corrected chi connectivity index (χ4v) is 1.77. The van der Waals surface area contributed by atoms with Crippen molar-refractivity contribution >= 4 is 42.3 Å². The van der Waals surface area contributed by atoms with Crippen LogP contribution in [0.2, 0.25) is 5.02 Å². The minimum atomic E-state index is -1.28. The number of hydrogen-bond acceptors (Lipinski definition) is 2. The molecule has 18 heavy (non-hydrogen) atoms. The van der Waals surface area contributed by atoms with Crippen molar-refractivity contribution < 1.29 is 8.95 Å². The van der Waals surface area contributed by atoms with Gasteiger partial charge in [-0.25, -0.2) is 4.21 Å². The van der Waals surface area contributed by atoms with Crippen LogP contribution in [0.15, 0.2) is 22.6 Å². The van der Waals surface area contributed by atoms with E-state index >= 15 is 0 Å². The van der Waals surface area contributed by atoms with Gasteiger partial charge in [-0.05, 0) is 39.0 Å². The Hall–Kier alpha value is -0.520. The second kappa shape index (κ2) is 7.16. The second-order valence-corrected chi connectivity index (χ2v) is 6.85. The molecule has 0 aliphatic carbocycles. The highest BCUT2D eigenvalue weighted by molar-refractivity contribution is 7.85. The lowest BCUT2D eigenvalue weighted by Crippen LogP contribution is -2.19. The van der Waals surface area contributed by atoms with Crippen molar-refractivity contribution in [3.8, 4) is 5.75 Å². The molecule has 0 aromatic heterocycles. The zero-order valence-electron chi connectivity index (χ0n) is 10.9. The van der Waals surface area contributed by atoms with Crippen LogP contribution >= 0.6 is 25.1 Å². The molecular formula is C12H18ClNO2S2. The van der Waals surface area contributed by atoms with Gasteiger partial charge in [0.05, 0.1) is 11.9 Å². The summed E-state index contributed by atoms with van der Waals surface area (Å²) in [6.45, 7) is 5.61. The quantitative estimate of drug-likeness (QED) is 0.803. The van der Waals surface area contributed by atoms with E-state index in [4.69, 9.17) is 16.3 Å². The molecule has 1 rings (SSSR count). The van der Waals surface area contributed by atoms with E-state index in [1.54, 1.807) is 25.3 Å². The lowest BCUT2D eigenvalue weighted by Gasteiger charge is -2.13. The summed E-state index contributed by atoms with van der Waals surface area (Å²) in [5, 5.41) is 0.591. The highest BCUT2D eigenvalue weighted by atomic mass is 35.5. The SMILES string of the molecule is COc1ccc(Cl)cc1C=N[S@@](=O)C(C)(C)C.S. The fraction of sp³-hybridized carbons (Fsp3) is 0.417. The molecule has 0 aliphatic heterocycles. The first kappa shape index (κ1) is 17.5. The summed E-state index contributed by atoms with van der Waals surface area (Å²) in [5.74, 6) is 0.657. The average molecular weight is 308 g/mol. The van der Waals surface area contributed by atoms with E-state index in [2.05, 4.69) is 4.40 Å². The molecule has 0 unspecified atom stereocenters. The molecule has 0 fully saturated rings. The number of benzene rings is 1. The molecule has 0 saturated heterocycles. The Morgan fingerprint density at radius 2 is 2.00 bits per heavy atom. The number of methoxy groups -OCH3 is 1. The maximum absolute atomic E-state index is 11.8. The van der Waals surface area contributed by atoms with E-state index in [-0.39, 0.29) is 18.2 Å². The first-order chi connectivity index (χ1) is 7.84. The summed E-state index contributed by atoms with van der Waals surface area (Å²) in [4.78, 5) is 0. The van der Waals surface area contributed by atoms with Gasteiger partial charge in [-0.2, -0.15) is 17.9 Å². The molecule has 0 radical (unpaired) electrons. The van der Waals surface area contributed by atoms with Crippen molar-refractivity contribution in [1.29, 1.82) is 0 Å². The van der Waals surface area contributed by atoms with Gasteiger partial charge < -0.3 is 4.74 Å². The summed E-state index contributed by atoms with van der Waals surface area (Å²) in [5.41, 5.74) is 0.720. The molecule has 3 nitrogen and oxygen atoms in total. The second-order valence-electron chi connectivity index (χ2n) is 4.48. The molecule has 1 aromatic carbocycles. The first-order valence-corrected chi connectivity index (χ1v) is 6.62. The van der Waals surface area contributed by atoms with Gasteiger partial charge in [-0.15, -0.1) is 0 Å². The van der Waals surface area contributed by atoms with Crippen molar-refractivity contribution in [1.82, 2.24) is 0 Å². The summed E-state index contributed by atoms with van der Waals surface area (Å²) < 4.78 is 20.6. The van der Waals surface area contributed by atoms with E-state index in [0.717, 1.165) is 5.56 Å². The Kier molecular flexibility index (Phi) is 6.96. The van der Waals surface area contributed by atoms with Crippen molar-refractivity contribution in [2.45, 2.75) is 25.5 Å². The van der Waals surface area contributed by atoms with Crippen molar-refractivity contribution in [3.05, 3.63) is 28.8 Å². The largest absolute Gasteiger partial charge is 0.496 e. The average Bonchev–Trinajstić information content (AvgIpc) is 2.24. The Bertz CT molecular complexity index is 456. The molecule has 1 aromatic rings. The smallest absolute Gasteiger partial charge is 0.144 e. The Labute approximate surface area is 123 Å². The van der Waals surface area contributed by atoms with E-state index in [9.17, 15) is 4.21 Å². The number of ether oxygens (including phenoxy) is 1. The van der Waals surface area contributed by atoms with Crippen LogP contribution in [0.25, 0.3) is 0 Å². The molecule has 0 aliphatic rings. The molecular weight excluding hydrogens is 290 g/mol. The maximum atomic E-state index is 11.8. The third-order valence-electron chi connectivity index (χ3n) is 2.00. The zero-order valence-corrected chi connectivity index (χ0v) is 13.4. The van der Waals surface area contributed by atoms with E-state index in [1.165, 1.54) is 6.21 Å². The molecule has 102 valence electrons. The minimum Gasteiger partial charge on any atom is -0.496 e. The predicted octanol–water partition coefficient (Wildman–Crippen LogP) is 3.34. The lowest BCUT2D eigenvalue weighted by atomic mass is 10.2. The number of halogens is 1. The Balaban J connectivity index is 0.00000289. The topological polar surface area (TPSA) is 38.7 Å².